The first-order valence-electron chi connectivity index (χ1n) is 11.5. The van der Waals surface area contributed by atoms with Crippen LogP contribution in [0.2, 0.25) is 0 Å². The molecular weight excluding hydrogens is 432 g/mol. The van der Waals surface area contributed by atoms with E-state index < -0.39 is 12.1 Å². The second-order valence-corrected chi connectivity index (χ2v) is 8.74. The monoisotopic (exact) mass is 458 g/mol. The average Bonchev–Trinajstić information content (AvgIpc) is 3.48. The molecule has 1 aliphatic rings. The molecule has 0 aliphatic carbocycles. The summed E-state index contributed by atoms with van der Waals surface area (Å²) in [4.78, 5) is 19.0. The number of aromatic carboxylic acids is 1. The Morgan fingerprint density at radius 2 is 1.97 bits per heavy atom. The lowest BCUT2D eigenvalue weighted by atomic mass is 10.0. The van der Waals surface area contributed by atoms with Gasteiger partial charge >= 0.3 is 5.97 Å². The van der Waals surface area contributed by atoms with E-state index in [0.29, 0.717) is 17.6 Å². The summed E-state index contributed by atoms with van der Waals surface area (Å²) in [5.41, 5.74) is 4.01. The van der Waals surface area contributed by atoms with Gasteiger partial charge in [-0.05, 0) is 61.9 Å². The molecule has 2 aromatic carbocycles. The predicted octanol–water partition coefficient (Wildman–Crippen LogP) is 4.12. The minimum absolute atomic E-state index is 0.0442. The molecule has 1 atom stereocenters. The Balaban J connectivity index is 1.13. The summed E-state index contributed by atoms with van der Waals surface area (Å²) in [6.45, 7) is 4.55. The number of anilines is 1. The number of hydrogen-bond donors (Lipinski definition) is 3. The molecule has 1 saturated heterocycles. The van der Waals surface area contributed by atoms with Crippen molar-refractivity contribution in [1.29, 1.82) is 5.26 Å². The number of nitrogens with one attached hydrogen (secondary N) is 1. The fraction of sp³-hybridized carbons (Fsp3) is 0.308. The van der Waals surface area contributed by atoms with Gasteiger partial charge in [-0.3, -0.25) is 4.90 Å². The Morgan fingerprint density at radius 3 is 2.74 bits per heavy atom. The third-order valence-corrected chi connectivity index (χ3v) is 6.60. The van der Waals surface area contributed by atoms with Crippen molar-refractivity contribution < 1.29 is 19.4 Å². The molecule has 1 unspecified atom stereocenters. The van der Waals surface area contributed by atoms with E-state index in [1.165, 1.54) is 0 Å². The fourth-order valence-electron chi connectivity index (χ4n) is 4.71. The molecule has 0 radical (unpaired) electrons. The Morgan fingerprint density at radius 1 is 1.15 bits per heavy atom. The van der Waals surface area contributed by atoms with Crippen LogP contribution in [-0.4, -0.2) is 58.8 Å². The lowest BCUT2D eigenvalue weighted by molar-refractivity contribution is 0.0665. The van der Waals surface area contributed by atoms with E-state index in [0.717, 1.165) is 66.7 Å². The summed E-state index contributed by atoms with van der Waals surface area (Å²) in [5.74, 6) is -1.11. The first-order chi connectivity index (χ1) is 16.5. The summed E-state index contributed by atoms with van der Waals surface area (Å²) in [5, 5.41) is 30.7. The zero-order valence-electron chi connectivity index (χ0n) is 18.7. The van der Waals surface area contributed by atoms with E-state index >= 15 is 0 Å². The molecule has 1 aliphatic heterocycles. The van der Waals surface area contributed by atoms with Crippen LogP contribution in [0.4, 0.5) is 5.69 Å². The number of aromatic amines is 1. The van der Waals surface area contributed by atoms with E-state index in [-0.39, 0.29) is 5.76 Å². The van der Waals surface area contributed by atoms with Crippen LogP contribution in [-0.2, 0) is 0 Å². The molecule has 8 heteroatoms. The molecule has 4 aromatic rings. The highest BCUT2D eigenvalue weighted by molar-refractivity contribution is 5.92. The van der Waals surface area contributed by atoms with Crippen molar-refractivity contribution in [3.8, 4) is 6.07 Å². The topological polar surface area (TPSA) is 117 Å². The highest BCUT2D eigenvalue weighted by Gasteiger charge is 2.19. The van der Waals surface area contributed by atoms with Gasteiger partial charge < -0.3 is 24.5 Å². The Labute approximate surface area is 196 Å². The molecule has 2 aromatic heterocycles. The maximum absolute atomic E-state index is 11.1. The van der Waals surface area contributed by atoms with E-state index in [1.807, 2.05) is 36.5 Å². The van der Waals surface area contributed by atoms with Crippen molar-refractivity contribution in [2.75, 3.05) is 37.6 Å². The number of hydrogen-bond acceptors (Lipinski definition) is 6. The number of nitrogens with zero attached hydrogens (tertiary/aromatic N) is 3. The minimum Gasteiger partial charge on any atom is -0.475 e. The molecule has 34 heavy (non-hydrogen) atoms. The van der Waals surface area contributed by atoms with Crippen LogP contribution < -0.4 is 4.90 Å². The molecule has 0 amide bonds. The maximum atomic E-state index is 11.1. The normalized spacial score (nSPS) is 15.6. The van der Waals surface area contributed by atoms with E-state index in [9.17, 15) is 9.90 Å². The standard InChI is InChI=1S/C26H26N4O4/c27-15-17-3-5-22-20(12-17)21(16-28-22)23(31)2-1-7-29-8-10-30(11-9-29)19-4-6-24-18(13-19)14-25(34-24)26(32)33/h3-6,12-14,16,23,28,31H,1-2,7-11H2,(H,32,33). The zero-order valence-corrected chi connectivity index (χ0v) is 18.7. The molecule has 5 rings (SSSR count). The number of carboxylic acid groups (broad SMARTS) is 1. The number of aliphatic hydroxyl groups is 1. The number of nitriles is 1. The van der Waals surface area contributed by atoms with Gasteiger partial charge in [0.05, 0.1) is 17.7 Å². The van der Waals surface area contributed by atoms with Crippen LogP contribution in [0.1, 0.15) is 40.6 Å². The highest BCUT2D eigenvalue weighted by atomic mass is 16.4. The number of piperazine rings is 1. The smallest absolute Gasteiger partial charge is 0.371 e. The third kappa shape index (κ3) is 4.36. The average molecular weight is 459 g/mol. The molecule has 0 saturated carbocycles. The fourth-order valence-corrected chi connectivity index (χ4v) is 4.71. The van der Waals surface area contributed by atoms with Crippen LogP contribution in [0.25, 0.3) is 21.9 Å². The SMILES string of the molecule is N#Cc1ccc2[nH]cc(C(O)CCCN3CCN(c4ccc5oc(C(=O)O)cc5c4)CC3)c2c1. The van der Waals surface area contributed by atoms with Gasteiger partial charge in [0, 0.05) is 59.9 Å². The van der Waals surface area contributed by atoms with Crippen LogP contribution >= 0.6 is 0 Å². The number of carboxylic acids is 1. The first kappa shape index (κ1) is 22.0. The van der Waals surface area contributed by atoms with Crippen LogP contribution in [0.15, 0.2) is 53.1 Å². The van der Waals surface area contributed by atoms with Gasteiger partial charge in [-0.1, -0.05) is 0 Å². The van der Waals surface area contributed by atoms with Gasteiger partial charge in [-0.15, -0.1) is 0 Å². The summed E-state index contributed by atoms with van der Waals surface area (Å²) >= 11 is 0. The Kier molecular flexibility index (Phi) is 5.97. The van der Waals surface area contributed by atoms with Gasteiger partial charge in [-0.25, -0.2) is 4.79 Å². The molecule has 8 nitrogen and oxygen atoms in total. The quantitative estimate of drug-likeness (QED) is 0.381. The Hall–Kier alpha value is -3.80. The Bertz CT molecular complexity index is 1370. The number of aromatic nitrogens is 1. The third-order valence-electron chi connectivity index (χ3n) is 6.60. The van der Waals surface area contributed by atoms with Gasteiger partial charge in [0.2, 0.25) is 5.76 Å². The molecule has 0 spiro atoms. The van der Waals surface area contributed by atoms with E-state index in [4.69, 9.17) is 14.8 Å². The molecule has 1 fully saturated rings. The summed E-state index contributed by atoms with van der Waals surface area (Å²) in [6, 6.07) is 15.0. The number of benzene rings is 2. The van der Waals surface area contributed by atoms with Gasteiger partial charge in [-0.2, -0.15) is 5.26 Å². The molecule has 3 heterocycles. The molecular formula is C26H26N4O4. The van der Waals surface area contributed by atoms with E-state index in [1.54, 1.807) is 12.1 Å². The predicted molar refractivity (Wildman–Crippen MR) is 129 cm³/mol. The van der Waals surface area contributed by atoms with Crippen LogP contribution in [0.3, 0.4) is 0 Å². The summed E-state index contributed by atoms with van der Waals surface area (Å²) in [7, 11) is 0. The van der Waals surface area contributed by atoms with Gasteiger partial charge in [0.1, 0.15) is 5.58 Å². The van der Waals surface area contributed by atoms with Crippen molar-refractivity contribution in [1.82, 2.24) is 9.88 Å². The van der Waals surface area contributed by atoms with Crippen molar-refractivity contribution in [3.63, 3.8) is 0 Å². The van der Waals surface area contributed by atoms with E-state index in [2.05, 4.69) is 20.9 Å². The first-order valence-corrected chi connectivity index (χ1v) is 11.5. The summed E-state index contributed by atoms with van der Waals surface area (Å²) in [6.07, 6.45) is 2.81. The maximum Gasteiger partial charge on any atom is 0.371 e. The second-order valence-electron chi connectivity index (χ2n) is 8.74. The number of fused-ring (bicyclic) bond motifs is 2. The van der Waals surface area contributed by atoms with Crippen molar-refractivity contribution in [2.45, 2.75) is 18.9 Å². The minimum atomic E-state index is -1.06. The highest BCUT2D eigenvalue weighted by Crippen LogP contribution is 2.29. The summed E-state index contributed by atoms with van der Waals surface area (Å²) < 4.78 is 5.35. The zero-order chi connectivity index (χ0) is 23.7. The van der Waals surface area contributed by atoms with Crippen molar-refractivity contribution >= 4 is 33.5 Å². The molecule has 3 N–H and O–H groups in total. The largest absolute Gasteiger partial charge is 0.475 e. The lowest BCUT2D eigenvalue weighted by Gasteiger charge is -2.36. The molecule has 0 bridgehead atoms. The lowest BCUT2D eigenvalue weighted by Crippen LogP contribution is -2.46. The second kappa shape index (κ2) is 9.21. The number of H-pyrrole nitrogens is 1. The van der Waals surface area contributed by atoms with Gasteiger partial charge in [0.25, 0.3) is 0 Å². The number of rotatable bonds is 7. The van der Waals surface area contributed by atoms with Crippen LogP contribution in [0.5, 0.6) is 0 Å². The number of carbonyl (C=O) groups is 1. The number of furan rings is 1. The van der Waals surface area contributed by atoms with Gasteiger partial charge in [0.15, 0.2) is 0 Å². The van der Waals surface area contributed by atoms with Crippen molar-refractivity contribution in [3.05, 3.63) is 65.5 Å². The molecule has 174 valence electrons. The number of aliphatic hydroxyl groups excluding tert-OH is 1. The van der Waals surface area contributed by atoms with Crippen molar-refractivity contribution in [2.24, 2.45) is 0 Å². The van der Waals surface area contributed by atoms with Crippen LogP contribution in [0, 0.1) is 11.3 Å².